The second kappa shape index (κ2) is 10.3. The summed E-state index contributed by atoms with van der Waals surface area (Å²) < 4.78 is 30.2. The van der Waals surface area contributed by atoms with Gasteiger partial charge in [-0.1, -0.05) is 0 Å². The fourth-order valence-corrected chi connectivity index (χ4v) is 2.58. The van der Waals surface area contributed by atoms with Crippen molar-refractivity contribution in [2.75, 3.05) is 19.8 Å². The number of amides is 1. The van der Waals surface area contributed by atoms with Crippen LogP contribution in [0.2, 0.25) is 0 Å². The van der Waals surface area contributed by atoms with E-state index in [1.165, 1.54) is 18.2 Å². The van der Waals surface area contributed by atoms with Gasteiger partial charge in [0, 0.05) is 11.1 Å². The average Bonchev–Trinajstić information content (AvgIpc) is 2.70. The van der Waals surface area contributed by atoms with E-state index in [0.29, 0.717) is 37.1 Å². The van der Waals surface area contributed by atoms with Gasteiger partial charge < -0.3 is 19.3 Å². The third-order valence-electron chi connectivity index (χ3n) is 3.84. The maximum Gasteiger partial charge on any atom is 0.271 e. The molecule has 2 aromatic rings. The molecule has 156 valence electrons. The number of rotatable bonds is 9. The second-order valence-electron chi connectivity index (χ2n) is 5.90. The van der Waals surface area contributed by atoms with Gasteiger partial charge in [-0.3, -0.25) is 4.79 Å². The number of carbonyl (C=O) groups excluding carboxylic acids is 1. The van der Waals surface area contributed by atoms with Crippen molar-refractivity contribution in [3.05, 3.63) is 47.3 Å². The van der Waals surface area contributed by atoms with Crippen molar-refractivity contribution < 1.29 is 28.5 Å². The van der Waals surface area contributed by atoms with Crippen LogP contribution in [0.4, 0.5) is 4.39 Å². The van der Waals surface area contributed by atoms with Crippen LogP contribution in [0.5, 0.6) is 23.0 Å². The Morgan fingerprint density at radius 1 is 1.03 bits per heavy atom. The van der Waals surface area contributed by atoms with Gasteiger partial charge in [0.2, 0.25) is 5.75 Å². The summed E-state index contributed by atoms with van der Waals surface area (Å²) >= 11 is 0. The highest BCUT2D eigenvalue weighted by molar-refractivity contribution is 6.02. The van der Waals surface area contributed by atoms with Crippen molar-refractivity contribution in [2.24, 2.45) is 5.10 Å². The number of nitrogens with zero attached hydrogens (tertiary/aromatic N) is 1. The van der Waals surface area contributed by atoms with E-state index in [9.17, 15) is 14.3 Å². The Balaban J connectivity index is 2.32. The number of ether oxygens (including phenoxy) is 3. The summed E-state index contributed by atoms with van der Waals surface area (Å²) in [5, 5.41) is 13.8. The van der Waals surface area contributed by atoms with Gasteiger partial charge in [-0.25, -0.2) is 9.82 Å². The molecule has 0 aliphatic carbocycles. The molecule has 0 heterocycles. The van der Waals surface area contributed by atoms with Gasteiger partial charge in [-0.2, -0.15) is 5.10 Å². The smallest absolute Gasteiger partial charge is 0.271 e. The quantitative estimate of drug-likeness (QED) is 0.489. The Labute approximate surface area is 169 Å². The van der Waals surface area contributed by atoms with Crippen LogP contribution >= 0.6 is 0 Å². The van der Waals surface area contributed by atoms with Crippen LogP contribution in [0.25, 0.3) is 0 Å². The van der Waals surface area contributed by atoms with E-state index in [1.807, 2.05) is 20.8 Å². The minimum absolute atomic E-state index is 0.139. The molecular weight excluding hydrogens is 379 g/mol. The molecule has 29 heavy (non-hydrogen) atoms. The highest BCUT2D eigenvalue weighted by Crippen LogP contribution is 2.39. The summed E-state index contributed by atoms with van der Waals surface area (Å²) in [4.78, 5) is 12.6. The van der Waals surface area contributed by atoms with E-state index in [4.69, 9.17) is 14.2 Å². The number of phenolic OH excluding ortho intramolecular Hbond substituents is 1. The van der Waals surface area contributed by atoms with Gasteiger partial charge in [-0.05, 0) is 58.0 Å². The maximum atomic E-state index is 13.4. The highest BCUT2D eigenvalue weighted by Gasteiger charge is 2.18. The molecule has 0 aliphatic rings. The molecule has 0 bridgehead atoms. The Morgan fingerprint density at radius 3 is 2.17 bits per heavy atom. The van der Waals surface area contributed by atoms with Crippen molar-refractivity contribution in [3.63, 3.8) is 0 Å². The molecule has 0 aliphatic heterocycles. The summed E-state index contributed by atoms with van der Waals surface area (Å²) in [5.74, 6) is 0.0123. The Bertz CT molecular complexity index is 872. The third kappa shape index (κ3) is 5.60. The summed E-state index contributed by atoms with van der Waals surface area (Å²) in [6.45, 7) is 8.20. The Morgan fingerprint density at radius 2 is 1.62 bits per heavy atom. The number of hydrogen-bond acceptors (Lipinski definition) is 6. The second-order valence-corrected chi connectivity index (χ2v) is 5.90. The molecule has 0 saturated carbocycles. The van der Waals surface area contributed by atoms with Crippen LogP contribution in [0.1, 0.15) is 43.6 Å². The fraction of sp³-hybridized carbons (Fsp3) is 0.333. The molecule has 8 heteroatoms. The van der Waals surface area contributed by atoms with Gasteiger partial charge in [-0.15, -0.1) is 0 Å². The van der Waals surface area contributed by atoms with Crippen LogP contribution < -0.4 is 19.6 Å². The average molecular weight is 404 g/mol. The normalized spacial score (nSPS) is 11.1. The van der Waals surface area contributed by atoms with Crippen molar-refractivity contribution in [1.82, 2.24) is 5.43 Å². The lowest BCUT2D eigenvalue weighted by Crippen LogP contribution is -2.20. The van der Waals surface area contributed by atoms with E-state index in [2.05, 4.69) is 10.5 Å². The lowest BCUT2D eigenvalue weighted by molar-refractivity contribution is 0.0953. The van der Waals surface area contributed by atoms with Crippen LogP contribution in [-0.4, -0.2) is 36.5 Å². The SMILES string of the molecule is CCOc1cc(C(=O)N/N=C(\C)c2cc(F)ccc2O)cc(OCC)c1OCC. The number of hydrogen-bond donors (Lipinski definition) is 2. The predicted molar refractivity (Wildman–Crippen MR) is 108 cm³/mol. The Kier molecular flexibility index (Phi) is 7.82. The molecule has 2 aromatic carbocycles. The van der Waals surface area contributed by atoms with E-state index in [1.54, 1.807) is 6.92 Å². The first kappa shape index (κ1) is 22.0. The highest BCUT2D eigenvalue weighted by atomic mass is 19.1. The number of aromatic hydroxyl groups is 1. The van der Waals surface area contributed by atoms with Gasteiger partial charge in [0.15, 0.2) is 11.5 Å². The van der Waals surface area contributed by atoms with Crippen molar-refractivity contribution in [2.45, 2.75) is 27.7 Å². The van der Waals surface area contributed by atoms with E-state index < -0.39 is 11.7 Å². The lowest BCUT2D eigenvalue weighted by atomic mass is 10.1. The number of benzene rings is 2. The number of halogens is 1. The molecule has 0 saturated heterocycles. The van der Waals surface area contributed by atoms with Gasteiger partial charge in [0.25, 0.3) is 5.91 Å². The van der Waals surface area contributed by atoms with Crippen molar-refractivity contribution in [3.8, 4) is 23.0 Å². The standard InChI is InChI=1S/C21H25FN2O5/c1-5-27-18-10-14(11-19(28-6-2)20(18)29-7-3)21(26)24-23-13(4)16-12-15(22)8-9-17(16)25/h8-12,25H,5-7H2,1-4H3,(H,24,26)/b23-13+. The number of carbonyl (C=O) groups is 1. The monoisotopic (exact) mass is 404 g/mol. The van der Waals surface area contributed by atoms with Gasteiger partial charge in [0.05, 0.1) is 25.5 Å². The number of phenols is 1. The minimum atomic E-state index is -0.523. The molecule has 0 spiro atoms. The fourth-order valence-electron chi connectivity index (χ4n) is 2.58. The molecule has 0 radical (unpaired) electrons. The van der Waals surface area contributed by atoms with Crippen LogP contribution in [0, 0.1) is 5.82 Å². The molecule has 2 rings (SSSR count). The molecule has 0 atom stereocenters. The largest absolute Gasteiger partial charge is 0.507 e. The zero-order valence-electron chi connectivity index (χ0n) is 16.9. The van der Waals surface area contributed by atoms with E-state index in [0.717, 1.165) is 12.1 Å². The third-order valence-corrected chi connectivity index (χ3v) is 3.84. The molecule has 2 N–H and O–H groups in total. The first-order valence-corrected chi connectivity index (χ1v) is 9.31. The molecule has 1 amide bonds. The first-order valence-electron chi connectivity index (χ1n) is 9.31. The molecule has 0 unspecified atom stereocenters. The zero-order chi connectivity index (χ0) is 21.4. The van der Waals surface area contributed by atoms with Gasteiger partial charge in [0.1, 0.15) is 11.6 Å². The van der Waals surface area contributed by atoms with Gasteiger partial charge >= 0.3 is 0 Å². The van der Waals surface area contributed by atoms with Crippen molar-refractivity contribution >= 4 is 11.6 Å². The van der Waals surface area contributed by atoms with Crippen molar-refractivity contribution in [1.29, 1.82) is 0 Å². The Hall–Kier alpha value is -3.29. The summed E-state index contributed by atoms with van der Waals surface area (Å²) in [5.41, 5.74) is 3.08. The molecule has 7 nitrogen and oxygen atoms in total. The summed E-state index contributed by atoms with van der Waals surface area (Å²) in [7, 11) is 0. The lowest BCUT2D eigenvalue weighted by Gasteiger charge is -2.16. The van der Waals surface area contributed by atoms with Crippen LogP contribution in [0.15, 0.2) is 35.4 Å². The zero-order valence-corrected chi connectivity index (χ0v) is 16.9. The number of hydrazone groups is 1. The molecule has 0 fully saturated rings. The number of nitrogens with one attached hydrogen (secondary N) is 1. The summed E-state index contributed by atoms with van der Waals surface area (Å²) in [6, 6.07) is 6.57. The maximum absolute atomic E-state index is 13.4. The minimum Gasteiger partial charge on any atom is -0.507 e. The first-order chi connectivity index (χ1) is 13.9. The molecular formula is C21H25FN2O5. The van der Waals surface area contributed by atoms with Crippen LogP contribution in [-0.2, 0) is 0 Å². The summed E-state index contributed by atoms with van der Waals surface area (Å²) in [6.07, 6.45) is 0. The predicted octanol–water partition coefficient (Wildman–Crippen LogP) is 3.88. The van der Waals surface area contributed by atoms with Crippen LogP contribution in [0.3, 0.4) is 0 Å². The topological polar surface area (TPSA) is 89.4 Å². The molecule has 0 aromatic heterocycles. The van der Waals surface area contributed by atoms with E-state index >= 15 is 0 Å². The van der Waals surface area contributed by atoms with E-state index in [-0.39, 0.29) is 22.6 Å².